The first-order valence-electron chi connectivity index (χ1n) is 6.36. The molecule has 98 valence electrons. The zero-order chi connectivity index (χ0) is 12.4. The molecule has 0 spiro atoms. The van der Waals surface area contributed by atoms with Crippen LogP contribution in [0.25, 0.3) is 0 Å². The molecule has 0 radical (unpaired) electrons. The maximum absolute atomic E-state index is 5.54. The van der Waals surface area contributed by atoms with E-state index in [0.29, 0.717) is 5.54 Å². The van der Waals surface area contributed by atoms with Crippen molar-refractivity contribution in [3.8, 4) is 0 Å². The van der Waals surface area contributed by atoms with E-state index < -0.39 is 8.80 Å². The van der Waals surface area contributed by atoms with E-state index in [1.807, 2.05) is 0 Å². The lowest BCUT2D eigenvalue weighted by molar-refractivity contribution is 0.108. The quantitative estimate of drug-likeness (QED) is 0.436. The van der Waals surface area contributed by atoms with E-state index in [4.69, 9.17) is 13.3 Å². The molecule has 4 heteroatoms. The van der Waals surface area contributed by atoms with Gasteiger partial charge in [0.15, 0.2) is 0 Å². The Morgan fingerprint density at radius 2 is 1.44 bits per heavy atom. The first-order chi connectivity index (χ1) is 7.70. The fourth-order valence-electron chi connectivity index (χ4n) is 2.20. The van der Waals surface area contributed by atoms with Crippen molar-refractivity contribution in [3.05, 3.63) is 0 Å². The van der Waals surface area contributed by atoms with Crippen molar-refractivity contribution >= 4 is 8.80 Å². The average molecular weight is 248 g/mol. The second-order valence-electron chi connectivity index (χ2n) is 4.17. The zero-order valence-corrected chi connectivity index (χ0v) is 12.5. The largest absolute Gasteiger partial charge is 0.503 e. The molecule has 16 heavy (non-hydrogen) atoms. The molecule has 0 amide bonds. The van der Waals surface area contributed by atoms with Crippen LogP contribution in [0.15, 0.2) is 0 Å². The molecule has 0 aliphatic heterocycles. The maximum atomic E-state index is 5.54. The SMILES string of the molecule is CCCCCCC(CC)[Si](OC)(OC)OC. The molecule has 0 aliphatic rings. The minimum absolute atomic E-state index is 0.435. The number of hydrogen-bond acceptors (Lipinski definition) is 3. The Hall–Kier alpha value is 0.0969. The van der Waals surface area contributed by atoms with Crippen LogP contribution >= 0.6 is 0 Å². The Balaban J connectivity index is 4.21. The second-order valence-corrected chi connectivity index (χ2v) is 7.42. The Kier molecular flexibility index (Phi) is 9.22. The average Bonchev–Trinajstić information content (AvgIpc) is 2.34. The van der Waals surface area contributed by atoms with Gasteiger partial charge in [0.2, 0.25) is 0 Å². The molecule has 0 aromatic carbocycles. The summed E-state index contributed by atoms with van der Waals surface area (Å²) in [5.41, 5.74) is 0.435. The summed E-state index contributed by atoms with van der Waals surface area (Å²) in [4.78, 5) is 0. The molecule has 1 unspecified atom stereocenters. The van der Waals surface area contributed by atoms with Crippen molar-refractivity contribution in [2.75, 3.05) is 21.3 Å². The molecule has 0 N–H and O–H groups in total. The Labute approximate surface area is 102 Å². The van der Waals surface area contributed by atoms with E-state index in [0.717, 1.165) is 12.8 Å². The molecule has 0 fully saturated rings. The molecule has 0 saturated heterocycles. The molecular weight excluding hydrogens is 220 g/mol. The van der Waals surface area contributed by atoms with E-state index in [1.165, 1.54) is 25.7 Å². The summed E-state index contributed by atoms with van der Waals surface area (Å²) < 4.78 is 16.6. The lowest BCUT2D eigenvalue weighted by Gasteiger charge is -2.31. The van der Waals surface area contributed by atoms with E-state index in [-0.39, 0.29) is 0 Å². The van der Waals surface area contributed by atoms with Crippen LogP contribution in [0.5, 0.6) is 0 Å². The summed E-state index contributed by atoms with van der Waals surface area (Å²) in [7, 11) is 2.70. The van der Waals surface area contributed by atoms with Crippen LogP contribution in [-0.4, -0.2) is 30.1 Å². The highest BCUT2D eigenvalue weighted by Gasteiger charge is 2.45. The van der Waals surface area contributed by atoms with Gasteiger partial charge in [-0.3, -0.25) is 0 Å². The maximum Gasteiger partial charge on any atom is 0.503 e. The molecule has 0 bridgehead atoms. The van der Waals surface area contributed by atoms with Gasteiger partial charge in [-0.1, -0.05) is 39.5 Å². The molecular formula is C12H28O3Si. The van der Waals surface area contributed by atoms with Gasteiger partial charge in [-0.15, -0.1) is 0 Å². The Morgan fingerprint density at radius 3 is 1.81 bits per heavy atom. The summed E-state index contributed by atoms with van der Waals surface area (Å²) in [5, 5.41) is 0. The third-order valence-corrected chi connectivity index (χ3v) is 6.66. The van der Waals surface area contributed by atoms with Gasteiger partial charge < -0.3 is 13.3 Å². The van der Waals surface area contributed by atoms with Gasteiger partial charge in [0, 0.05) is 26.9 Å². The van der Waals surface area contributed by atoms with Gasteiger partial charge in [0.05, 0.1) is 0 Å². The highest BCUT2D eigenvalue weighted by molar-refractivity contribution is 6.62. The van der Waals surface area contributed by atoms with E-state index in [1.54, 1.807) is 21.3 Å². The molecule has 0 saturated carbocycles. The third-order valence-electron chi connectivity index (χ3n) is 3.25. The Morgan fingerprint density at radius 1 is 0.875 bits per heavy atom. The molecule has 0 aromatic rings. The van der Waals surface area contributed by atoms with Gasteiger partial charge in [-0.25, -0.2) is 0 Å². The lowest BCUT2D eigenvalue weighted by Crippen LogP contribution is -2.47. The van der Waals surface area contributed by atoms with Crippen molar-refractivity contribution in [1.82, 2.24) is 0 Å². The van der Waals surface area contributed by atoms with Crippen molar-refractivity contribution in [3.63, 3.8) is 0 Å². The normalized spacial score (nSPS) is 14.1. The van der Waals surface area contributed by atoms with Gasteiger partial charge >= 0.3 is 8.80 Å². The zero-order valence-electron chi connectivity index (χ0n) is 11.5. The van der Waals surface area contributed by atoms with Crippen LogP contribution in [0.3, 0.4) is 0 Å². The van der Waals surface area contributed by atoms with E-state index >= 15 is 0 Å². The highest BCUT2D eigenvalue weighted by Crippen LogP contribution is 2.32. The first kappa shape index (κ1) is 16.1. The van der Waals surface area contributed by atoms with E-state index in [2.05, 4.69) is 13.8 Å². The van der Waals surface area contributed by atoms with Crippen molar-refractivity contribution in [1.29, 1.82) is 0 Å². The first-order valence-corrected chi connectivity index (χ1v) is 8.16. The monoisotopic (exact) mass is 248 g/mol. The van der Waals surface area contributed by atoms with Gasteiger partial charge in [0.1, 0.15) is 0 Å². The molecule has 0 aliphatic carbocycles. The van der Waals surface area contributed by atoms with Crippen molar-refractivity contribution in [2.45, 2.75) is 57.9 Å². The van der Waals surface area contributed by atoms with E-state index in [9.17, 15) is 0 Å². The second kappa shape index (κ2) is 9.16. The number of hydrogen-bond donors (Lipinski definition) is 0. The predicted octanol–water partition coefficient (Wildman–Crippen LogP) is 3.62. The van der Waals surface area contributed by atoms with Gasteiger partial charge in [0.25, 0.3) is 0 Å². The van der Waals surface area contributed by atoms with Crippen molar-refractivity contribution in [2.24, 2.45) is 0 Å². The van der Waals surface area contributed by atoms with Crippen LogP contribution in [0.2, 0.25) is 5.54 Å². The van der Waals surface area contributed by atoms with Gasteiger partial charge in [-0.2, -0.15) is 0 Å². The molecule has 1 atom stereocenters. The summed E-state index contributed by atoms with van der Waals surface area (Å²) in [5.74, 6) is 0. The number of unbranched alkanes of at least 4 members (excludes halogenated alkanes) is 3. The minimum Gasteiger partial charge on any atom is -0.377 e. The van der Waals surface area contributed by atoms with Crippen LogP contribution in [0, 0.1) is 0 Å². The summed E-state index contributed by atoms with van der Waals surface area (Å²) in [6.45, 7) is 4.42. The molecule has 0 heterocycles. The third kappa shape index (κ3) is 4.53. The topological polar surface area (TPSA) is 27.7 Å². The van der Waals surface area contributed by atoms with Crippen LogP contribution in [0.4, 0.5) is 0 Å². The lowest BCUT2D eigenvalue weighted by atomic mass is 10.1. The Bertz CT molecular complexity index is 152. The highest BCUT2D eigenvalue weighted by atomic mass is 28.4. The molecule has 3 nitrogen and oxygen atoms in total. The van der Waals surface area contributed by atoms with Crippen LogP contribution in [-0.2, 0) is 13.3 Å². The van der Waals surface area contributed by atoms with Crippen LogP contribution < -0.4 is 0 Å². The number of rotatable bonds is 10. The summed E-state index contributed by atoms with van der Waals surface area (Å²) in [6.07, 6.45) is 7.36. The van der Waals surface area contributed by atoms with Crippen LogP contribution in [0.1, 0.15) is 52.4 Å². The van der Waals surface area contributed by atoms with Gasteiger partial charge in [-0.05, 0) is 12.8 Å². The summed E-state index contributed by atoms with van der Waals surface area (Å²) >= 11 is 0. The smallest absolute Gasteiger partial charge is 0.377 e. The summed E-state index contributed by atoms with van der Waals surface area (Å²) in [6, 6.07) is 0. The van der Waals surface area contributed by atoms with Crippen molar-refractivity contribution < 1.29 is 13.3 Å². The fourth-order valence-corrected chi connectivity index (χ4v) is 4.76. The molecule has 0 aromatic heterocycles. The molecule has 0 rings (SSSR count). The standard InChI is InChI=1S/C12H28O3Si/c1-6-8-9-10-11-12(7-2)16(13-3,14-4)15-5/h12H,6-11H2,1-5H3. The fraction of sp³-hybridized carbons (Fsp3) is 1.00. The predicted molar refractivity (Wildman–Crippen MR) is 69.6 cm³/mol. The minimum atomic E-state index is -2.41.